The summed E-state index contributed by atoms with van der Waals surface area (Å²) in [6.45, 7) is 8.23. The van der Waals surface area contributed by atoms with Crippen molar-refractivity contribution in [3.05, 3.63) is 76.0 Å². The first-order valence-corrected chi connectivity index (χ1v) is 13.2. The van der Waals surface area contributed by atoms with Gasteiger partial charge in [-0.25, -0.2) is 4.99 Å². The number of aryl methyl sites for hydroxylation is 2. The Bertz CT molecular complexity index is 1870. The average molecular weight is 534 g/mol. The molecule has 1 heterocycles. The normalized spacial score (nSPS) is 13.9. The van der Waals surface area contributed by atoms with Crippen LogP contribution in [0.1, 0.15) is 67.9 Å². The summed E-state index contributed by atoms with van der Waals surface area (Å²) >= 11 is 0. The lowest BCUT2D eigenvalue weighted by atomic mass is 9.88. The summed E-state index contributed by atoms with van der Waals surface area (Å²) in [6, 6.07) is 1.83. The van der Waals surface area contributed by atoms with Crippen LogP contribution in [0, 0.1) is 20.8 Å². The van der Waals surface area contributed by atoms with Crippen molar-refractivity contribution in [2.75, 3.05) is 27.2 Å². The summed E-state index contributed by atoms with van der Waals surface area (Å²) in [5, 5.41) is 0.961. The van der Waals surface area contributed by atoms with Crippen LogP contribution in [0.5, 0.6) is 0 Å². The van der Waals surface area contributed by atoms with Crippen molar-refractivity contribution in [1.29, 1.82) is 0 Å². The van der Waals surface area contributed by atoms with Crippen molar-refractivity contribution in [2.45, 2.75) is 53.4 Å². The molecule has 0 bridgehead atoms. The SMILES string of the molecule is [2H]c1c([2H])c([2H])c(-c2c3cc(C)c(=[NH+]CC)c([2H])c-3oc3c([2H])c(C)c(C)cc23)c(C(=O)N(C)CCCCCC(=O)OC)c1[2H]. The lowest BCUT2D eigenvalue weighted by Crippen LogP contribution is -2.76. The Morgan fingerprint density at radius 2 is 1.77 bits per heavy atom. The Labute approximate surface area is 239 Å². The molecule has 2 aliphatic rings. The zero-order valence-electron chi connectivity index (χ0n) is 29.5. The number of methoxy groups -OCH3 is 1. The molecule has 6 heteroatoms. The molecule has 0 aromatic heterocycles. The van der Waals surface area contributed by atoms with E-state index in [2.05, 4.69) is 9.73 Å². The molecule has 2 aromatic rings. The molecule has 0 saturated heterocycles. The van der Waals surface area contributed by atoms with E-state index in [1.807, 2.05) is 20.8 Å². The summed E-state index contributed by atoms with van der Waals surface area (Å²) < 4.78 is 63.9. The average Bonchev–Trinajstić information content (AvgIpc) is 3.01. The predicted molar refractivity (Wildman–Crippen MR) is 155 cm³/mol. The highest BCUT2D eigenvalue weighted by Gasteiger charge is 2.24. The second kappa shape index (κ2) is 12.3. The summed E-state index contributed by atoms with van der Waals surface area (Å²) in [7, 11) is 2.91. The van der Waals surface area contributed by atoms with Gasteiger partial charge in [0.1, 0.15) is 17.9 Å². The van der Waals surface area contributed by atoms with Crippen molar-refractivity contribution in [3.63, 3.8) is 0 Å². The molecule has 1 aliphatic heterocycles. The van der Waals surface area contributed by atoms with Crippen molar-refractivity contribution in [3.8, 4) is 22.5 Å². The molecule has 1 aliphatic carbocycles. The first-order valence-electron chi connectivity index (χ1n) is 16.2. The molecule has 204 valence electrons. The monoisotopic (exact) mass is 533 g/mol. The Kier molecular flexibility index (Phi) is 6.60. The molecule has 4 rings (SSSR count). The van der Waals surface area contributed by atoms with Gasteiger partial charge in [-0.15, -0.1) is 0 Å². The largest absolute Gasteiger partial charge is 0.469 e. The Balaban J connectivity index is 2.05. The highest BCUT2D eigenvalue weighted by Crippen LogP contribution is 2.42. The zero-order chi connectivity index (χ0) is 33.3. The van der Waals surface area contributed by atoms with Gasteiger partial charge in [-0.1, -0.05) is 24.5 Å². The number of unbranched alkanes of at least 4 members (excludes halogenated alkanes) is 2. The minimum absolute atomic E-state index is 0.00741. The van der Waals surface area contributed by atoms with Gasteiger partial charge in [-0.2, -0.15) is 0 Å². The molecule has 39 heavy (non-hydrogen) atoms. The zero-order valence-corrected chi connectivity index (χ0v) is 23.5. The number of amides is 1. The maximum atomic E-state index is 14.1. The van der Waals surface area contributed by atoms with E-state index >= 15 is 0 Å². The van der Waals surface area contributed by atoms with Crippen LogP contribution >= 0.6 is 0 Å². The predicted octanol–water partition coefficient (Wildman–Crippen LogP) is 4.94. The van der Waals surface area contributed by atoms with Crippen molar-refractivity contribution >= 4 is 22.8 Å². The molecule has 0 spiro atoms. The number of benzene rings is 3. The molecule has 1 amide bonds. The fraction of sp³-hybridized carbons (Fsp3) is 0.364. The summed E-state index contributed by atoms with van der Waals surface area (Å²) in [5.74, 6) is -0.752. The lowest BCUT2D eigenvalue weighted by molar-refractivity contribution is -0.496. The van der Waals surface area contributed by atoms with E-state index in [0.29, 0.717) is 59.8 Å². The maximum Gasteiger partial charge on any atom is 0.305 e. The van der Waals surface area contributed by atoms with Gasteiger partial charge < -0.3 is 14.1 Å². The fourth-order valence-electron chi connectivity index (χ4n) is 4.62. The Morgan fingerprint density at radius 1 is 1.00 bits per heavy atom. The van der Waals surface area contributed by atoms with Gasteiger partial charge in [0.25, 0.3) is 5.91 Å². The number of ether oxygens (including phenoxy) is 1. The number of fused-ring (bicyclic) bond motifs is 2. The molecule has 2 aromatic carbocycles. The standard InChI is InChI=1S/C33H38N2O4/c1-7-34-28-20-30-27(18-23(28)4)32(26-17-21(2)22(3)19-29(26)39-30)24-13-10-11-14-25(24)33(37)35(5)16-12-8-9-15-31(36)38-6/h10-11,13-14,17-20H,7-9,12,15-16H2,1-6H3/p+1/i10D,11D,13D,14D,19D,20D. The van der Waals surface area contributed by atoms with E-state index < -0.39 is 30.1 Å². The second-order valence-electron chi connectivity index (χ2n) is 9.76. The van der Waals surface area contributed by atoms with Crippen LogP contribution in [0.15, 0.2) is 52.8 Å². The van der Waals surface area contributed by atoms with Gasteiger partial charge in [0.15, 0.2) is 0 Å². The number of rotatable bonds is 9. The minimum atomic E-state index is -0.589. The highest BCUT2D eigenvalue weighted by atomic mass is 16.5. The smallest absolute Gasteiger partial charge is 0.305 e. The number of carbonyl (C=O) groups is 2. The lowest BCUT2D eigenvalue weighted by Gasteiger charge is -2.22. The molecular formula is C33H39N2O4+. The second-order valence-corrected chi connectivity index (χ2v) is 9.76. The van der Waals surface area contributed by atoms with Gasteiger partial charge in [0, 0.05) is 47.7 Å². The van der Waals surface area contributed by atoms with E-state index in [1.165, 1.54) is 12.0 Å². The van der Waals surface area contributed by atoms with E-state index in [0.717, 1.165) is 11.1 Å². The van der Waals surface area contributed by atoms with Crippen molar-refractivity contribution < 1.29 is 32.0 Å². The third kappa shape index (κ3) is 6.06. The summed E-state index contributed by atoms with van der Waals surface area (Å²) in [6.07, 6.45) is 2.10. The van der Waals surface area contributed by atoms with Gasteiger partial charge >= 0.3 is 5.97 Å². The molecule has 0 saturated carbocycles. The van der Waals surface area contributed by atoms with Crippen LogP contribution in [0.4, 0.5) is 0 Å². The Morgan fingerprint density at radius 3 is 2.51 bits per heavy atom. The van der Waals surface area contributed by atoms with Crippen LogP contribution in [-0.4, -0.2) is 44.0 Å². The first-order chi connectivity index (χ1) is 21.3. The number of nitrogens with zero attached hydrogens (tertiary/aromatic N) is 1. The molecule has 0 fully saturated rings. The number of hydrogen-bond acceptors (Lipinski definition) is 4. The number of esters is 1. The van der Waals surface area contributed by atoms with Crippen molar-refractivity contribution in [2.24, 2.45) is 0 Å². The molecular weight excluding hydrogens is 488 g/mol. The number of hydrogen-bond donors (Lipinski definition) is 1. The van der Waals surface area contributed by atoms with E-state index in [1.54, 1.807) is 26.1 Å². The summed E-state index contributed by atoms with van der Waals surface area (Å²) in [5.41, 5.74) is 2.82. The van der Waals surface area contributed by atoms with Crippen LogP contribution in [0.2, 0.25) is 0 Å². The van der Waals surface area contributed by atoms with E-state index in [9.17, 15) is 9.59 Å². The number of nitrogens with one attached hydrogen (secondary N) is 1. The van der Waals surface area contributed by atoms with Crippen molar-refractivity contribution in [1.82, 2.24) is 4.90 Å². The van der Waals surface area contributed by atoms with Gasteiger partial charge in [0.2, 0.25) is 5.36 Å². The van der Waals surface area contributed by atoms with E-state index in [-0.39, 0.29) is 46.9 Å². The third-order valence-corrected chi connectivity index (χ3v) is 6.93. The Hall–Kier alpha value is -3.93. The van der Waals surface area contributed by atoms with Crippen LogP contribution < -0.4 is 10.3 Å². The highest BCUT2D eigenvalue weighted by molar-refractivity contribution is 6.09. The van der Waals surface area contributed by atoms with Gasteiger partial charge in [-0.3, -0.25) is 9.59 Å². The van der Waals surface area contributed by atoms with Crippen LogP contribution in [0.25, 0.3) is 33.4 Å². The fourth-order valence-corrected chi connectivity index (χ4v) is 4.62. The molecule has 1 N–H and O–H groups in total. The van der Waals surface area contributed by atoms with E-state index in [4.69, 9.17) is 12.6 Å². The van der Waals surface area contributed by atoms with Gasteiger partial charge in [0.05, 0.1) is 21.4 Å². The third-order valence-electron chi connectivity index (χ3n) is 6.93. The van der Waals surface area contributed by atoms with Gasteiger partial charge in [-0.05, 0) is 81.4 Å². The molecule has 0 atom stereocenters. The number of carbonyl (C=O) groups excluding carboxylic acids is 2. The maximum absolute atomic E-state index is 14.1. The van der Waals surface area contributed by atoms with Crippen LogP contribution in [-0.2, 0) is 9.53 Å². The molecule has 0 radical (unpaired) electrons. The molecule has 0 unspecified atom stereocenters. The topological polar surface area (TPSA) is 73.7 Å². The van der Waals surface area contributed by atoms with Crippen LogP contribution in [0.3, 0.4) is 0 Å². The first kappa shape index (κ1) is 21.0. The molecule has 6 nitrogen and oxygen atoms in total. The minimum Gasteiger partial charge on any atom is -0.469 e. The quantitative estimate of drug-likeness (QED) is 0.188. The summed E-state index contributed by atoms with van der Waals surface area (Å²) in [4.78, 5) is 30.2.